The molecule has 48 heavy (non-hydrogen) atoms. The third kappa shape index (κ3) is 7.18. The number of carbonyl (C=O) groups excluding carboxylic acids is 2. The minimum atomic E-state index is -1.19. The normalized spacial score (nSPS) is 14.9. The number of benzene rings is 2. The van der Waals surface area contributed by atoms with Crippen molar-refractivity contribution >= 4 is 35.4 Å². The molecule has 0 spiro atoms. The van der Waals surface area contributed by atoms with Crippen molar-refractivity contribution in [2.75, 3.05) is 51.2 Å². The molecular weight excluding hydrogens is 626 g/mol. The Balaban J connectivity index is 0.00000145. The molecule has 0 radical (unpaired) electrons. The quantitative estimate of drug-likeness (QED) is 0.250. The molecule has 13 nitrogen and oxygen atoms in total. The number of piperazine rings is 1. The molecule has 6 rings (SSSR count). The maximum absolute atomic E-state index is 15.0. The van der Waals surface area contributed by atoms with Gasteiger partial charge in [0.1, 0.15) is 6.07 Å². The second-order valence-electron chi connectivity index (χ2n) is 11.2. The highest BCUT2D eigenvalue weighted by molar-refractivity contribution is 5.96. The Morgan fingerprint density at radius 1 is 1.10 bits per heavy atom. The number of piperidine rings is 1. The van der Waals surface area contributed by atoms with Gasteiger partial charge >= 0.3 is 0 Å². The Morgan fingerprint density at radius 3 is 2.50 bits per heavy atom. The molecule has 4 heterocycles. The van der Waals surface area contributed by atoms with E-state index in [9.17, 15) is 18.4 Å². The Bertz CT molecular complexity index is 1850. The molecule has 2 aromatic heterocycles. The second kappa shape index (κ2) is 15.3. The number of carbonyl (C=O) groups is 3. The molecule has 2 aromatic carbocycles. The molecule has 2 aliphatic heterocycles. The number of nitrogens with zero attached hydrogens (tertiary/aromatic N) is 6. The van der Waals surface area contributed by atoms with Crippen LogP contribution >= 0.6 is 0 Å². The molecule has 2 amide bonds. The van der Waals surface area contributed by atoms with Gasteiger partial charge in [-0.15, -0.1) is 0 Å². The van der Waals surface area contributed by atoms with E-state index in [1.165, 1.54) is 24.5 Å². The van der Waals surface area contributed by atoms with Gasteiger partial charge in [-0.1, -0.05) is 0 Å². The summed E-state index contributed by atoms with van der Waals surface area (Å²) in [6.45, 7) is 4.98. The number of ether oxygens (including phenoxy) is 1. The summed E-state index contributed by atoms with van der Waals surface area (Å²) in [6, 6.07) is 9.74. The van der Waals surface area contributed by atoms with Gasteiger partial charge < -0.3 is 30.3 Å². The average molecular weight is 661 g/mol. The maximum Gasteiger partial charge on any atom is 0.290 e. The second-order valence-corrected chi connectivity index (χ2v) is 11.2. The van der Waals surface area contributed by atoms with E-state index in [2.05, 4.69) is 20.6 Å². The van der Waals surface area contributed by atoms with Gasteiger partial charge in [0.05, 0.1) is 11.9 Å². The number of fused-ring (bicyclic) bond motifs is 1. The fourth-order valence-corrected chi connectivity index (χ4v) is 5.90. The molecule has 0 atom stereocenters. The topological polar surface area (TPSA) is 165 Å². The zero-order valence-electron chi connectivity index (χ0n) is 26.2. The Morgan fingerprint density at radius 2 is 1.81 bits per heavy atom. The van der Waals surface area contributed by atoms with Gasteiger partial charge in [0.25, 0.3) is 12.4 Å². The first-order valence-corrected chi connectivity index (χ1v) is 15.3. The van der Waals surface area contributed by atoms with Crippen LogP contribution in [0.25, 0.3) is 16.9 Å². The summed E-state index contributed by atoms with van der Waals surface area (Å²) in [5.41, 5.74) is 2.66. The predicted molar refractivity (Wildman–Crippen MR) is 171 cm³/mol. The Labute approximate surface area is 274 Å². The summed E-state index contributed by atoms with van der Waals surface area (Å²) in [4.78, 5) is 47.1. The average Bonchev–Trinajstić information content (AvgIpc) is 3.54. The van der Waals surface area contributed by atoms with E-state index in [1.54, 1.807) is 33.7 Å². The summed E-state index contributed by atoms with van der Waals surface area (Å²) in [5, 5.41) is 22.1. The van der Waals surface area contributed by atoms with Crippen LogP contribution in [0.5, 0.6) is 5.75 Å². The van der Waals surface area contributed by atoms with Crippen LogP contribution in [0.1, 0.15) is 28.8 Å². The standard InChI is InChI=1S/C32H32F2N8O3.CH2O2/c1-20-18-22(2-3-23(20)32(44)41-15-13-40(14-16-41)31(43)21-6-9-36-10-7-21)39-29-30-38-19-25(42(30)12-11-37-29)24-4-5-26(45-17-8-35)28(34)27(24)33;2-1-3/h2-5,11-12,18-19,21,36H,6-7,9-10,13-17H2,1H3,(H,37,39);1H,(H,2,3). The van der Waals surface area contributed by atoms with E-state index in [-0.39, 0.29) is 35.5 Å². The van der Waals surface area contributed by atoms with Crippen LogP contribution in [-0.4, -0.2) is 93.4 Å². The third-order valence-corrected chi connectivity index (χ3v) is 8.33. The summed E-state index contributed by atoms with van der Waals surface area (Å²) in [7, 11) is 0. The zero-order chi connectivity index (χ0) is 34.2. The Kier molecular flexibility index (Phi) is 10.8. The number of nitriles is 1. The van der Waals surface area contributed by atoms with E-state index in [1.807, 2.05) is 17.9 Å². The smallest absolute Gasteiger partial charge is 0.290 e. The summed E-state index contributed by atoms with van der Waals surface area (Å²) in [6.07, 6.45) is 6.24. The number of aryl methyl sites for hydroxylation is 1. The van der Waals surface area contributed by atoms with Crippen molar-refractivity contribution < 1.29 is 33.0 Å². The minimum Gasteiger partial charge on any atom is -0.483 e. The SMILES string of the molecule is Cc1cc(Nc2nccn3c(-c4ccc(OCC#N)c(F)c4F)cnc23)ccc1C(=O)N1CCN(C(=O)C2CCNCC2)CC1.O=CO. The molecule has 3 N–H and O–H groups in total. The van der Waals surface area contributed by atoms with E-state index < -0.39 is 18.2 Å². The summed E-state index contributed by atoms with van der Waals surface area (Å²) >= 11 is 0. The first kappa shape index (κ1) is 33.7. The molecule has 250 valence electrons. The van der Waals surface area contributed by atoms with Crippen LogP contribution in [0.15, 0.2) is 48.9 Å². The van der Waals surface area contributed by atoms with Gasteiger partial charge in [0.15, 0.2) is 29.6 Å². The molecule has 0 aliphatic carbocycles. The van der Waals surface area contributed by atoms with Crippen molar-refractivity contribution in [1.82, 2.24) is 29.5 Å². The van der Waals surface area contributed by atoms with Crippen molar-refractivity contribution in [2.24, 2.45) is 5.92 Å². The Hall–Kier alpha value is -5.62. The monoisotopic (exact) mass is 660 g/mol. The molecule has 2 saturated heterocycles. The van der Waals surface area contributed by atoms with Crippen LogP contribution in [-0.2, 0) is 9.59 Å². The first-order chi connectivity index (χ1) is 23.3. The molecule has 0 unspecified atom stereocenters. The number of hydrogen-bond acceptors (Lipinski definition) is 9. The van der Waals surface area contributed by atoms with E-state index in [0.717, 1.165) is 31.5 Å². The zero-order valence-corrected chi connectivity index (χ0v) is 26.2. The molecule has 4 aromatic rings. The van der Waals surface area contributed by atoms with Crippen LogP contribution in [0.4, 0.5) is 20.3 Å². The van der Waals surface area contributed by atoms with Crippen molar-refractivity contribution in [1.29, 1.82) is 5.26 Å². The number of nitrogens with one attached hydrogen (secondary N) is 2. The lowest BCUT2D eigenvalue weighted by Gasteiger charge is -2.37. The molecule has 2 aliphatic rings. The number of halogens is 2. The fourth-order valence-electron chi connectivity index (χ4n) is 5.90. The number of aromatic nitrogens is 3. The largest absolute Gasteiger partial charge is 0.483 e. The summed E-state index contributed by atoms with van der Waals surface area (Å²) < 4.78 is 36.1. The van der Waals surface area contributed by atoms with Gasteiger partial charge in [0.2, 0.25) is 11.7 Å². The van der Waals surface area contributed by atoms with Gasteiger partial charge in [-0.05, 0) is 68.8 Å². The highest BCUT2D eigenvalue weighted by Crippen LogP contribution is 2.32. The van der Waals surface area contributed by atoms with E-state index in [0.29, 0.717) is 54.6 Å². The van der Waals surface area contributed by atoms with Crippen LogP contribution in [0.3, 0.4) is 0 Å². The number of imidazole rings is 1. The summed E-state index contributed by atoms with van der Waals surface area (Å²) in [5.74, 6) is -2.10. The first-order valence-electron chi connectivity index (χ1n) is 15.3. The van der Waals surface area contributed by atoms with Crippen LogP contribution in [0.2, 0.25) is 0 Å². The predicted octanol–water partition coefficient (Wildman–Crippen LogP) is 3.61. The van der Waals surface area contributed by atoms with Crippen molar-refractivity contribution in [3.8, 4) is 23.1 Å². The van der Waals surface area contributed by atoms with Crippen molar-refractivity contribution in [2.45, 2.75) is 19.8 Å². The van der Waals surface area contributed by atoms with Crippen molar-refractivity contribution in [3.63, 3.8) is 0 Å². The van der Waals surface area contributed by atoms with Gasteiger partial charge in [-0.2, -0.15) is 9.65 Å². The molecular formula is C33H34F2N8O5. The maximum atomic E-state index is 15.0. The van der Waals surface area contributed by atoms with Crippen LogP contribution < -0.4 is 15.4 Å². The minimum absolute atomic E-state index is 0.0309. The number of hydrogen-bond donors (Lipinski definition) is 3. The lowest BCUT2D eigenvalue weighted by atomic mass is 9.96. The van der Waals surface area contributed by atoms with Crippen molar-refractivity contribution in [3.05, 3.63) is 71.7 Å². The highest BCUT2D eigenvalue weighted by Gasteiger charge is 2.30. The number of carboxylic acid groups (broad SMARTS) is 1. The van der Waals surface area contributed by atoms with E-state index >= 15 is 0 Å². The van der Waals surface area contributed by atoms with Gasteiger partial charge in [0, 0.05) is 61.3 Å². The fraction of sp³-hybridized carbons (Fsp3) is 0.333. The number of anilines is 2. The van der Waals surface area contributed by atoms with Gasteiger partial charge in [-0.25, -0.2) is 14.4 Å². The molecule has 0 bridgehead atoms. The number of amides is 2. The van der Waals surface area contributed by atoms with Gasteiger partial charge in [-0.3, -0.25) is 18.8 Å². The lowest BCUT2D eigenvalue weighted by Crippen LogP contribution is -2.52. The third-order valence-electron chi connectivity index (χ3n) is 8.33. The molecule has 2 fully saturated rings. The number of rotatable bonds is 7. The molecule has 0 saturated carbocycles. The molecule has 15 heteroatoms. The van der Waals surface area contributed by atoms with Crippen LogP contribution in [0, 0.1) is 35.8 Å². The highest BCUT2D eigenvalue weighted by atomic mass is 19.2. The lowest BCUT2D eigenvalue weighted by molar-refractivity contribution is -0.137. The van der Waals surface area contributed by atoms with E-state index in [4.69, 9.17) is 19.9 Å².